The van der Waals surface area contributed by atoms with E-state index < -0.39 is 0 Å². The zero-order valence-electron chi connectivity index (χ0n) is 13.6. The Morgan fingerprint density at radius 2 is 1.88 bits per heavy atom. The quantitative estimate of drug-likeness (QED) is 0.862. The van der Waals surface area contributed by atoms with Gasteiger partial charge in [0.1, 0.15) is 5.82 Å². The van der Waals surface area contributed by atoms with E-state index in [0.29, 0.717) is 6.61 Å². The third-order valence-corrected chi connectivity index (χ3v) is 4.66. The first kappa shape index (κ1) is 15.5. The summed E-state index contributed by atoms with van der Waals surface area (Å²) in [6.07, 6.45) is 2.77. The van der Waals surface area contributed by atoms with Gasteiger partial charge in [0.05, 0.1) is 18.9 Å². The standard InChI is InChI=1S/C18H21FN4O/c19-16-3-1-14(2-4-16)12-22-6-8-23(9-7-22)18-20-11-15-13-24-10-5-17(15)21-18/h1-4,11H,5-10,12-13H2. The van der Waals surface area contributed by atoms with Gasteiger partial charge >= 0.3 is 0 Å². The molecule has 0 bridgehead atoms. The van der Waals surface area contributed by atoms with Crippen LogP contribution < -0.4 is 4.90 Å². The lowest BCUT2D eigenvalue weighted by Crippen LogP contribution is -2.46. The molecule has 2 aromatic rings. The van der Waals surface area contributed by atoms with Gasteiger partial charge in [-0.15, -0.1) is 0 Å². The smallest absolute Gasteiger partial charge is 0.225 e. The third kappa shape index (κ3) is 3.39. The SMILES string of the molecule is Fc1ccc(CN2CCN(c3ncc4c(n3)CCOC4)CC2)cc1. The number of aromatic nitrogens is 2. The summed E-state index contributed by atoms with van der Waals surface area (Å²) in [4.78, 5) is 13.9. The van der Waals surface area contributed by atoms with E-state index >= 15 is 0 Å². The van der Waals surface area contributed by atoms with Gasteiger partial charge in [-0.25, -0.2) is 14.4 Å². The number of rotatable bonds is 3. The Morgan fingerprint density at radius 3 is 2.67 bits per heavy atom. The van der Waals surface area contributed by atoms with Crippen LogP contribution in [0.5, 0.6) is 0 Å². The summed E-state index contributed by atoms with van der Waals surface area (Å²) in [5.41, 5.74) is 3.38. The summed E-state index contributed by atoms with van der Waals surface area (Å²) in [5.74, 6) is 0.649. The molecule has 0 radical (unpaired) electrons. The second-order valence-corrected chi connectivity index (χ2v) is 6.33. The number of fused-ring (bicyclic) bond motifs is 1. The summed E-state index contributed by atoms with van der Waals surface area (Å²) in [6, 6.07) is 6.76. The topological polar surface area (TPSA) is 41.5 Å². The van der Waals surface area contributed by atoms with Crippen molar-refractivity contribution in [3.8, 4) is 0 Å². The van der Waals surface area contributed by atoms with Gasteiger partial charge in [0.25, 0.3) is 0 Å². The lowest BCUT2D eigenvalue weighted by Gasteiger charge is -2.35. The molecule has 2 aliphatic rings. The summed E-state index contributed by atoms with van der Waals surface area (Å²) in [7, 11) is 0. The fraction of sp³-hybridized carbons (Fsp3) is 0.444. The van der Waals surface area contributed by atoms with Crippen LogP contribution >= 0.6 is 0 Å². The normalized spacial score (nSPS) is 18.5. The number of piperazine rings is 1. The Labute approximate surface area is 141 Å². The molecular formula is C18H21FN4O. The molecule has 126 valence electrons. The van der Waals surface area contributed by atoms with E-state index in [-0.39, 0.29) is 5.82 Å². The zero-order chi connectivity index (χ0) is 16.4. The summed E-state index contributed by atoms with van der Waals surface area (Å²) in [6.45, 7) is 5.97. The highest BCUT2D eigenvalue weighted by Gasteiger charge is 2.21. The summed E-state index contributed by atoms with van der Waals surface area (Å²) in [5, 5.41) is 0. The van der Waals surface area contributed by atoms with Gasteiger partial charge in [-0.2, -0.15) is 0 Å². The molecule has 5 nitrogen and oxygen atoms in total. The van der Waals surface area contributed by atoms with E-state index in [1.165, 1.54) is 12.1 Å². The highest BCUT2D eigenvalue weighted by atomic mass is 19.1. The molecule has 0 saturated carbocycles. The highest BCUT2D eigenvalue weighted by molar-refractivity contribution is 5.34. The number of hydrogen-bond acceptors (Lipinski definition) is 5. The molecule has 0 unspecified atom stereocenters. The van der Waals surface area contributed by atoms with Gasteiger partial charge in [0.2, 0.25) is 5.95 Å². The van der Waals surface area contributed by atoms with Crippen LogP contribution in [-0.4, -0.2) is 47.7 Å². The average molecular weight is 328 g/mol. The molecule has 1 saturated heterocycles. The van der Waals surface area contributed by atoms with Crippen molar-refractivity contribution in [2.75, 3.05) is 37.7 Å². The van der Waals surface area contributed by atoms with Crippen LogP contribution in [0.3, 0.4) is 0 Å². The Hall–Kier alpha value is -2.05. The van der Waals surface area contributed by atoms with Crippen molar-refractivity contribution in [1.29, 1.82) is 0 Å². The molecule has 0 N–H and O–H groups in total. The number of nitrogens with zero attached hydrogens (tertiary/aromatic N) is 4. The van der Waals surface area contributed by atoms with Gasteiger partial charge in [-0.3, -0.25) is 4.90 Å². The first-order valence-electron chi connectivity index (χ1n) is 8.42. The van der Waals surface area contributed by atoms with E-state index in [9.17, 15) is 4.39 Å². The van der Waals surface area contributed by atoms with E-state index in [2.05, 4.69) is 14.8 Å². The van der Waals surface area contributed by atoms with Crippen LogP contribution in [0.2, 0.25) is 0 Å². The summed E-state index contributed by atoms with van der Waals surface area (Å²) < 4.78 is 18.4. The average Bonchev–Trinajstić information content (AvgIpc) is 2.64. The van der Waals surface area contributed by atoms with Crippen LogP contribution in [0.25, 0.3) is 0 Å². The second-order valence-electron chi connectivity index (χ2n) is 6.33. The number of halogens is 1. The Kier molecular flexibility index (Phi) is 4.40. The second kappa shape index (κ2) is 6.83. The highest BCUT2D eigenvalue weighted by Crippen LogP contribution is 2.18. The van der Waals surface area contributed by atoms with Crippen LogP contribution in [-0.2, 0) is 24.3 Å². The van der Waals surface area contributed by atoms with Crippen molar-refractivity contribution in [3.63, 3.8) is 0 Å². The van der Waals surface area contributed by atoms with Crippen molar-refractivity contribution in [3.05, 3.63) is 53.1 Å². The van der Waals surface area contributed by atoms with Gasteiger partial charge < -0.3 is 9.64 Å². The number of hydrogen-bond donors (Lipinski definition) is 0. The first-order valence-corrected chi connectivity index (χ1v) is 8.42. The summed E-state index contributed by atoms with van der Waals surface area (Å²) >= 11 is 0. The third-order valence-electron chi connectivity index (χ3n) is 4.66. The lowest BCUT2D eigenvalue weighted by molar-refractivity contribution is 0.109. The molecule has 3 heterocycles. The van der Waals surface area contributed by atoms with Crippen LogP contribution in [0.1, 0.15) is 16.8 Å². The molecular weight excluding hydrogens is 307 g/mol. The Morgan fingerprint density at radius 1 is 1.08 bits per heavy atom. The lowest BCUT2D eigenvalue weighted by atomic mass is 10.1. The number of benzene rings is 1. The maximum absolute atomic E-state index is 13.0. The predicted molar refractivity (Wildman–Crippen MR) is 89.3 cm³/mol. The van der Waals surface area contributed by atoms with Gasteiger partial charge in [-0.1, -0.05) is 12.1 Å². The van der Waals surface area contributed by atoms with Gasteiger partial charge in [-0.05, 0) is 17.7 Å². The monoisotopic (exact) mass is 328 g/mol. The maximum atomic E-state index is 13.0. The van der Waals surface area contributed by atoms with Gasteiger partial charge in [0.15, 0.2) is 0 Å². The van der Waals surface area contributed by atoms with Crippen LogP contribution in [0.4, 0.5) is 10.3 Å². The minimum Gasteiger partial charge on any atom is -0.376 e. The maximum Gasteiger partial charge on any atom is 0.225 e. The molecule has 0 amide bonds. The first-order chi connectivity index (χ1) is 11.8. The minimum atomic E-state index is -0.182. The largest absolute Gasteiger partial charge is 0.376 e. The molecule has 6 heteroatoms. The van der Waals surface area contributed by atoms with Crippen molar-refractivity contribution < 1.29 is 9.13 Å². The van der Waals surface area contributed by atoms with Crippen molar-refractivity contribution in [2.45, 2.75) is 19.6 Å². The minimum absolute atomic E-state index is 0.182. The van der Waals surface area contributed by atoms with Crippen LogP contribution in [0, 0.1) is 5.82 Å². The molecule has 24 heavy (non-hydrogen) atoms. The molecule has 0 aliphatic carbocycles. The predicted octanol–water partition coefficient (Wildman–Crippen LogP) is 2.01. The number of anilines is 1. The molecule has 1 fully saturated rings. The van der Waals surface area contributed by atoms with Crippen molar-refractivity contribution >= 4 is 5.95 Å². The molecule has 0 spiro atoms. The Bertz CT molecular complexity index is 699. The fourth-order valence-corrected chi connectivity index (χ4v) is 3.23. The molecule has 1 aromatic heterocycles. The van der Waals surface area contributed by atoms with Crippen molar-refractivity contribution in [2.24, 2.45) is 0 Å². The van der Waals surface area contributed by atoms with E-state index in [4.69, 9.17) is 9.72 Å². The van der Waals surface area contributed by atoms with E-state index in [1.54, 1.807) is 0 Å². The van der Waals surface area contributed by atoms with Crippen molar-refractivity contribution in [1.82, 2.24) is 14.9 Å². The zero-order valence-corrected chi connectivity index (χ0v) is 13.6. The molecule has 2 aliphatic heterocycles. The van der Waals surface area contributed by atoms with Gasteiger partial charge in [0, 0.05) is 50.9 Å². The van der Waals surface area contributed by atoms with E-state index in [0.717, 1.165) is 68.5 Å². The molecule has 0 atom stereocenters. The van der Waals surface area contributed by atoms with Crippen LogP contribution in [0.15, 0.2) is 30.5 Å². The van der Waals surface area contributed by atoms with E-state index in [1.807, 2.05) is 18.3 Å². The fourth-order valence-electron chi connectivity index (χ4n) is 3.23. The Balaban J connectivity index is 1.36. The molecule has 4 rings (SSSR count). The molecule has 1 aromatic carbocycles. The number of ether oxygens (including phenoxy) is 1.